The van der Waals surface area contributed by atoms with Crippen LogP contribution in [0.5, 0.6) is 0 Å². The second kappa shape index (κ2) is 8.67. The van der Waals surface area contributed by atoms with E-state index in [1.54, 1.807) is 18.5 Å². The van der Waals surface area contributed by atoms with Gasteiger partial charge in [-0.1, -0.05) is 37.3 Å². The molecule has 0 unspecified atom stereocenters. The summed E-state index contributed by atoms with van der Waals surface area (Å²) in [7, 11) is 0. The second-order valence-electron chi connectivity index (χ2n) is 7.14. The molecule has 4 N–H and O–H groups in total. The number of nitrogens with two attached hydrogens (primary N) is 1. The summed E-state index contributed by atoms with van der Waals surface area (Å²) in [6.45, 7) is 2.11. The van der Waals surface area contributed by atoms with Crippen molar-refractivity contribution in [2.75, 3.05) is 5.73 Å². The van der Waals surface area contributed by atoms with Crippen LogP contribution in [0.25, 0.3) is 28.1 Å². The minimum atomic E-state index is -0.973. The van der Waals surface area contributed by atoms with Gasteiger partial charge in [-0.2, -0.15) is 5.10 Å². The first-order chi connectivity index (χ1) is 15.1. The van der Waals surface area contributed by atoms with E-state index in [1.807, 2.05) is 42.6 Å². The van der Waals surface area contributed by atoms with Gasteiger partial charge >= 0.3 is 5.97 Å². The Labute approximate surface area is 179 Å². The number of benzene rings is 2. The molecule has 0 atom stereocenters. The number of pyridine rings is 1. The zero-order chi connectivity index (χ0) is 21.8. The smallest absolute Gasteiger partial charge is 0.328 e. The number of H-pyrrole nitrogens is 1. The van der Waals surface area contributed by atoms with E-state index >= 15 is 0 Å². The molecule has 6 nitrogen and oxygen atoms in total. The van der Waals surface area contributed by atoms with E-state index in [0.29, 0.717) is 5.69 Å². The minimum absolute atomic E-state index is 0.627. The molecule has 6 heteroatoms. The van der Waals surface area contributed by atoms with Crippen LogP contribution in [0.4, 0.5) is 5.69 Å². The third kappa shape index (κ3) is 4.23. The summed E-state index contributed by atoms with van der Waals surface area (Å²) in [6.07, 6.45) is 8.71. The van der Waals surface area contributed by atoms with Crippen LogP contribution < -0.4 is 5.73 Å². The Hall–Kier alpha value is -4.19. The third-order valence-electron chi connectivity index (χ3n) is 5.18. The minimum Gasteiger partial charge on any atom is -0.478 e. The Kier molecular flexibility index (Phi) is 5.62. The molecular formula is C25H22N4O2. The van der Waals surface area contributed by atoms with E-state index in [1.165, 1.54) is 0 Å². The molecule has 0 aliphatic rings. The maximum atomic E-state index is 10.8. The van der Waals surface area contributed by atoms with E-state index in [4.69, 9.17) is 10.8 Å². The standard InChI is InChI=1S/C25H22N4O2/c1-2-20(21-11-12-27-15-22(21)26)25(18-8-9-23-19(13-18)14-28-29-23)17-6-3-16(4-7-17)5-10-24(30)31/h3-15H,2,26H2,1H3,(H,28,29)(H,30,31)/b10-5+,25-20+. The fourth-order valence-electron chi connectivity index (χ4n) is 3.73. The number of fused-ring (bicyclic) bond motifs is 1. The van der Waals surface area contributed by atoms with Gasteiger partial charge in [0.2, 0.25) is 0 Å². The van der Waals surface area contributed by atoms with E-state index in [2.05, 4.69) is 34.2 Å². The van der Waals surface area contributed by atoms with Gasteiger partial charge in [0.05, 0.1) is 23.6 Å². The maximum Gasteiger partial charge on any atom is 0.328 e. The summed E-state index contributed by atoms with van der Waals surface area (Å²) in [5.74, 6) is -0.973. The molecule has 0 bridgehead atoms. The molecule has 2 aromatic heterocycles. The first-order valence-corrected chi connectivity index (χ1v) is 9.94. The fourth-order valence-corrected chi connectivity index (χ4v) is 3.73. The molecule has 0 radical (unpaired) electrons. The van der Waals surface area contributed by atoms with Crippen LogP contribution in [0.3, 0.4) is 0 Å². The number of hydrogen-bond donors (Lipinski definition) is 3. The van der Waals surface area contributed by atoms with Crippen LogP contribution in [0.15, 0.2) is 73.2 Å². The van der Waals surface area contributed by atoms with E-state index in [0.717, 1.165) is 56.8 Å². The van der Waals surface area contributed by atoms with Gasteiger partial charge in [-0.25, -0.2) is 4.79 Å². The van der Waals surface area contributed by atoms with Crippen LogP contribution in [0, 0.1) is 0 Å². The lowest BCUT2D eigenvalue weighted by Gasteiger charge is -2.17. The number of aromatic amines is 1. The van der Waals surface area contributed by atoms with Crippen molar-refractivity contribution in [3.63, 3.8) is 0 Å². The van der Waals surface area contributed by atoms with Crippen LogP contribution >= 0.6 is 0 Å². The van der Waals surface area contributed by atoms with E-state index in [9.17, 15) is 4.79 Å². The van der Waals surface area contributed by atoms with Crippen molar-refractivity contribution < 1.29 is 9.90 Å². The number of nitrogens with zero attached hydrogens (tertiary/aromatic N) is 2. The number of aromatic nitrogens is 3. The molecule has 4 rings (SSSR count). The number of anilines is 1. The summed E-state index contributed by atoms with van der Waals surface area (Å²) in [6, 6.07) is 16.0. The average Bonchev–Trinajstić information content (AvgIpc) is 3.25. The number of carbonyl (C=O) groups is 1. The summed E-state index contributed by atoms with van der Waals surface area (Å²) >= 11 is 0. The first-order valence-electron chi connectivity index (χ1n) is 9.94. The number of nitrogen functional groups attached to an aromatic ring is 1. The zero-order valence-corrected chi connectivity index (χ0v) is 17.0. The number of carboxylic acids is 1. The zero-order valence-electron chi connectivity index (χ0n) is 17.0. The molecule has 0 fully saturated rings. The van der Waals surface area contributed by atoms with E-state index < -0.39 is 5.97 Å². The van der Waals surface area contributed by atoms with Gasteiger partial charge in [-0.15, -0.1) is 0 Å². The van der Waals surface area contributed by atoms with Gasteiger partial charge in [0.25, 0.3) is 0 Å². The van der Waals surface area contributed by atoms with Crippen molar-refractivity contribution in [2.24, 2.45) is 0 Å². The number of nitrogens with one attached hydrogen (secondary N) is 1. The Morgan fingerprint density at radius 2 is 1.87 bits per heavy atom. The highest BCUT2D eigenvalue weighted by Crippen LogP contribution is 2.37. The summed E-state index contributed by atoms with van der Waals surface area (Å²) in [5.41, 5.74) is 13.9. The van der Waals surface area contributed by atoms with Gasteiger partial charge in [0.15, 0.2) is 0 Å². The van der Waals surface area contributed by atoms with Crippen molar-refractivity contribution in [3.8, 4) is 0 Å². The normalized spacial score (nSPS) is 12.3. The topological polar surface area (TPSA) is 105 Å². The van der Waals surface area contributed by atoms with Crippen molar-refractivity contribution in [1.82, 2.24) is 15.2 Å². The van der Waals surface area contributed by atoms with Crippen LogP contribution in [0.2, 0.25) is 0 Å². The average molecular weight is 410 g/mol. The van der Waals surface area contributed by atoms with Crippen molar-refractivity contribution in [3.05, 3.63) is 95.5 Å². The molecule has 0 saturated carbocycles. The fraction of sp³-hybridized carbons (Fsp3) is 0.0800. The number of carboxylic acid groups (broad SMARTS) is 1. The molecule has 0 aliphatic carbocycles. The van der Waals surface area contributed by atoms with E-state index in [-0.39, 0.29) is 0 Å². The highest BCUT2D eigenvalue weighted by molar-refractivity contribution is 6.02. The van der Waals surface area contributed by atoms with Crippen LogP contribution in [0.1, 0.15) is 35.6 Å². The first kappa shape index (κ1) is 20.1. The lowest BCUT2D eigenvalue weighted by molar-refractivity contribution is -0.131. The van der Waals surface area contributed by atoms with Gasteiger partial charge in [0, 0.05) is 23.2 Å². The molecule has 0 aliphatic heterocycles. The molecule has 2 aromatic carbocycles. The Morgan fingerprint density at radius 3 is 2.58 bits per heavy atom. The second-order valence-corrected chi connectivity index (χ2v) is 7.14. The Bertz CT molecular complexity index is 1300. The SMILES string of the molecule is CC/C(=C(/c1ccc(/C=C/C(=O)O)cc1)c1ccc2[nH]ncc2c1)c1ccncc1N. The van der Waals surface area contributed by atoms with Crippen molar-refractivity contribution in [1.29, 1.82) is 0 Å². The molecule has 0 saturated heterocycles. The molecule has 0 amide bonds. The number of aliphatic carboxylic acids is 1. The van der Waals surface area contributed by atoms with Crippen molar-refractivity contribution in [2.45, 2.75) is 13.3 Å². The van der Waals surface area contributed by atoms with Crippen LogP contribution in [-0.2, 0) is 4.79 Å². The predicted molar refractivity (Wildman–Crippen MR) is 124 cm³/mol. The lowest BCUT2D eigenvalue weighted by Crippen LogP contribution is -1.99. The van der Waals surface area contributed by atoms with Crippen LogP contribution in [-0.4, -0.2) is 26.3 Å². The van der Waals surface area contributed by atoms with Gasteiger partial charge in [-0.3, -0.25) is 10.1 Å². The highest BCUT2D eigenvalue weighted by atomic mass is 16.4. The summed E-state index contributed by atoms with van der Waals surface area (Å²) < 4.78 is 0. The third-order valence-corrected chi connectivity index (χ3v) is 5.18. The number of rotatable bonds is 6. The molecule has 31 heavy (non-hydrogen) atoms. The Balaban J connectivity index is 1.92. The summed E-state index contributed by atoms with van der Waals surface area (Å²) in [4.78, 5) is 14.9. The highest BCUT2D eigenvalue weighted by Gasteiger charge is 2.15. The maximum absolute atomic E-state index is 10.8. The summed E-state index contributed by atoms with van der Waals surface area (Å²) in [5, 5.41) is 17.0. The monoisotopic (exact) mass is 410 g/mol. The van der Waals surface area contributed by atoms with Crippen molar-refractivity contribution >= 4 is 39.8 Å². The van der Waals surface area contributed by atoms with Gasteiger partial charge in [-0.05, 0) is 58.5 Å². The largest absolute Gasteiger partial charge is 0.478 e. The number of allylic oxidation sites excluding steroid dienone is 1. The van der Waals surface area contributed by atoms with Gasteiger partial charge in [0.1, 0.15) is 0 Å². The molecule has 2 heterocycles. The molecule has 154 valence electrons. The van der Waals surface area contributed by atoms with Gasteiger partial charge < -0.3 is 10.8 Å². The molecular weight excluding hydrogens is 388 g/mol. The quantitative estimate of drug-likeness (QED) is 0.388. The Morgan fingerprint density at radius 1 is 1.10 bits per heavy atom. The number of hydrogen-bond acceptors (Lipinski definition) is 4. The predicted octanol–water partition coefficient (Wildman–Crippen LogP) is 5.01. The molecule has 4 aromatic rings. The molecule has 0 spiro atoms. The lowest BCUT2D eigenvalue weighted by atomic mass is 9.87.